The Labute approximate surface area is 171 Å². The lowest BCUT2D eigenvalue weighted by atomic mass is 10.0. The van der Waals surface area contributed by atoms with Gasteiger partial charge in [-0.05, 0) is 32.1 Å². The number of aliphatic carboxylic acids is 1. The Morgan fingerprint density at radius 3 is 1.86 bits per heavy atom. The van der Waals surface area contributed by atoms with Gasteiger partial charge in [0.1, 0.15) is 0 Å². The Bertz CT molecular complexity index is 478. The number of carboxylic acid groups (broad SMARTS) is 1. The Kier molecular flexibility index (Phi) is 16.1. The summed E-state index contributed by atoms with van der Waals surface area (Å²) >= 11 is 0. The van der Waals surface area contributed by atoms with E-state index in [-0.39, 0.29) is 12.2 Å². The predicted molar refractivity (Wildman–Crippen MR) is 116 cm³/mol. The summed E-state index contributed by atoms with van der Waals surface area (Å²) < 4.78 is 0. The molecule has 0 radical (unpaired) electrons. The van der Waals surface area contributed by atoms with Gasteiger partial charge in [0.05, 0.1) is 0 Å². The van der Waals surface area contributed by atoms with E-state index in [1.54, 1.807) is 0 Å². The van der Waals surface area contributed by atoms with E-state index in [0.717, 1.165) is 37.0 Å². The SMILES string of the molecule is CCCCCCCC/C=C\CCCCCCCC(=O)C(C(=O)O)N(C)C(=N)N. The number of ketones is 1. The molecule has 0 heterocycles. The summed E-state index contributed by atoms with van der Waals surface area (Å²) in [5.74, 6) is -2.05. The molecule has 28 heavy (non-hydrogen) atoms. The van der Waals surface area contributed by atoms with Gasteiger partial charge in [0.25, 0.3) is 0 Å². The second-order valence-electron chi connectivity index (χ2n) is 7.54. The van der Waals surface area contributed by atoms with Crippen molar-refractivity contribution in [3.63, 3.8) is 0 Å². The summed E-state index contributed by atoms with van der Waals surface area (Å²) in [5.41, 5.74) is 5.29. The lowest BCUT2D eigenvalue weighted by molar-refractivity contribution is -0.146. The molecule has 6 heteroatoms. The number of guanidine groups is 1. The van der Waals surface area contributed by atoms with Crippen molar-refractivity contribution in [2.24, 2.45) is 5.73 Å². The van der Waals surface area contributed by atoms with Gasteiger partial charge in [-0.2, -0.15) is 0 Å². The fraction of sp³-hybridized carbons (Fsp3) is 0.773. The van der Waals surface area contributed by atoms with Crippen LogP contribution in [0.15, 0.2) is 12.2 Å². The quantitative estimate of drug-likeness (QED) is 0.101. The van der Waals surface area contributed by atoms with Crippen LogP contribution < -0.4 is 5.73 Å². The van der Waals surface area contributed by atoms with Crippen LogP contribution in [0, 0.1) is 5.41 Å². The average Bonchev–Trinajstić information content (AvgIpc) is 2.64. The zero-order chi connectivity index (χ0) is 21.2. The molecule has 0 aromatic rings. The molecule has 0 aliphatic heterocycles. The number of unbranched alkanes of at least 4 members (excludes halogenated alkanes) is 11. The molecule has 0 bridgehead atoms. The Morgan fingerprint density at radius 2 is 1.39 bits per heavy atom. The van der Waals surface area contributed by atoms with Crippen LogP contribution in [0.5, 0.6) is 0 Å². The maximum Gasteiger partial charge on any atom is 0.334 e. The number of likely N-dealkylation sites (N-methyl/N-ethyl adjacent to an activating group) is 1. The first-order valence-electron chi connectivity index (χ1n) is 10.9. The fourth-order valence-corrected chi connectivity index (χ4v) is 3.17. The average molecular weight is 396 g/mol. The molecule has 0 spiro atoms. The number of hydrogen-bond donors (Lipinski definition) is 3. The number of hydrogen-bond acceptors (Lipinski definition) is 3. The molecular formula is C22H41N3O3. The largest absolute Gasteiger partial charge is 0.479 e. The van der Waals surface area contributed by atoms with Crippen molar-refractivity contribution < 1.29 is 14.7 Å². The number of nitrogens with one attached hydrogen (secondary N) is 1. The summed E-state index contributed by atoms with van der Waals surface area (Å²) in [5, 5.41) is 16.5. The first-order valence-corrected chi connectivity index (χ1v) is 10.9. The van der Waals surface area contributed by atoms with Crippen LogP contribution in [-0.2, 0) is 9.59 Å². The van der Waals surface area contributed by atoms with Crippen LogP contribution in [-0.4, -0.2) is 40.8 Å². The Hall–Kier alpha value is -1.85. The fourth-order valence-electron chi connectivity index (χ4n) is 3.17. The van der Waals surface area contributed by atoms with Crippen molar-refractivity contribution in [2.45, 2.75) is 103 Å². The summed E-state index contributed by atoms with van der Waals surface area (Å²) in [4.78, 5) is 24.3. The zero-order valence-corrected chi connectivity index (χ0v) is 17.9. The van der Waals surface area contributed by atoms with Gasteiger partial charge in [-0.3, -0.25) is 10.2 Å². The van der Waals surface area contributed by atoms with E-state index in [9.17, 15) is 9.59 Å². The van der Waals surface area contributed by atoms with Gasteiger partial charge in [0.2, 0.25) is 0 Å². The molecule has 162 valence electrons. The summed E-state index contributed by atoms with van der Waals surface area (Å²) in [6.07, 6.45) is 20.1. The second-order valence-corrected chi connectivity index (χ2v) is 7.54. The molecule has 0 aliphatic rings. The van der Waals surface area contributed by atoms with Crippen molar-refractivity contribution in [2.75, 3.05) is 7.05 Å². The molecule has 0 saturated heterocycles. The van der Waals surface area contributed by atoms with Crippen LogP contribution in [0.3, 0.4) is 0 Å². The molecule has 1 unspecified atom stereocenters. The third-order valence-corrected chi connectivity index (χ3v) is 4.99. The van der Waals surface area contributed by atoms with Crippen molar-refractivity contribution in [3.05, 3.63) is 12.2 Å². The van der Waals surface area contributed by atoms with E-state index in [1.165, 1.54) is 52.0 Å². The number of carbonyl (C=O) groups is 2. The van der Waals surface area contributed by atoms with Crippen molar-refractivity contribution in [1.29, 1.82) is 5.41 Å². The van der Waals surface area contributed by atoms with Gasteiger partial charge < -0.3 is 15.7 Å². The van der Waals surface area contributed by atoms with Crippen LogP contribution >= 0.6 is 0 Å². The number of Topliss-reactive ketones (excluding diaryl/α,β-unsaturated/α-hetero) is 1. The van der Waals surface area contributed by atoms with E-state index in [0.29, 0.717) is 6.42 Å². The number of rotatable bonds is 18. The molecule has 4 N–H and O–H groups in total. The van der Waals surface area contributed by atoms with E-state index in [2.05, 4.69) is 19.1 Å². The third-order valence-electron chi connectivity index (χ3n) is 4.99. The van der Waals surface area contributed by atoms with E-state index < -0.39 is 18.0 Å². The normalized spacial score (nSPS) is 12.2. The van der Waals surface area contributed by atoms with Gasteiger partial charge in [-0.1, -0.05) is 70.4 Å². The molecule has 0 aromatic carbocycles. The maximum absolute atomic E-state index is 12.1. The van der Waals surface area contributed by atoms with Gasteiger partial charge >= 0.3 is 5.97 Å². The molecule has 0 aromatic heterocycles. The first kappa shape index (κ1) is 26.1. The number of carbonyl (C=O) groups excluding carboxylic acids is 1. The highest BCUT2D eigenvalue weighted by molar-refractivity contribution is 6.04. The second kappa shape index (κ2) is 17.3. The van der Waals surface area contributed by atoms with Gasteiger partial charge in [0, 0.05) is 13.5 Å². The predicted octanol–water partition coefficient (Wildman–Crippen LogP) is 4.87. The number of nitrogens with two attached hydrogens (primary N) is 1. The van der Waals surface area contributed by atoms with Gasteiger partial charge in [0.15, 0.2) is 17.8 Å². The molecule has 0 fully saturated rings. The number of carboxylic acids is 1. The number of nitrogens with zero attached hydrogens (tertiary/aromatic N) is 1. The summed E-state index contributed by atoms with van der Waals surface area (Å²) in [6.45, 7) is 2.24. The maximum atomic E-state index is 12.1. The van der Waals surface area contributed by atoms with Gasteiger partial charge in [-0.15, -0.1) is 0 Å². The number of allylic oxidation sites excluding steroid dienone is 2. The van der Waals surface area contributed by atoms with Crippen LogP contribution in [0.25, 0.3) is 0 Å². The Balaban J connectivity index is 3.65. The third kappa shape index (κ3) is 13.3. The standard InChI is InChI=1S/C22H41N3O3/c1-3-4-5-6-7-8-9-10-11-12-13-14-15-16-17-18-19(26)20(21(27)28)25(2)22(23)24/h10-11,20H,3-9,12-18H2,1-2H3,(H3,23,24)(H,27,28)/b11-10-. The zero-order valence-electron chi connectivity index (χ0n) is 17.9. The van der Waals surface area contributed by atoms with Crippen LogP contribution in [0.1, 0.15) is 96.8 Å². The molecule has 1 atom stereocenters. The molecule has 0 rings (SSSR count). The summed E-state index contributed by atoms with van der Waals surface area (Å²) in [6, 6.07) is -1.35. The monoisotopic (exact) mass is 395 g/mol. The summed E-state index contributed by atoms with van der Waals surface area (Å²) in [7, 11) is 1.36. The molecule has 6 nitrogen and oxygen atoms in total. The van der Waals surface area contributed by atoms with E-state index >= 15 is 0 Å². The molecular weight excluding hydrogens is 354 g/mol. The first-order chi connectivity index (χ1) is 13.4. The van der Waals surface area contributed by atoms with Crippen molar-refractivity contribution >= 4 is 17.7 Å². The minimum absolute atomic E-state index is 0.215. The topological polar surface area (TPSA) is 107 Å². The van der Waals surface area contributed by atoms with Gasteiger partial charge in [-0.25, -0.2) is 4.79 Å². The lowest BCUT2D eigenvalue weighted by Gasteiger charge is -2.23. The van der Waals surface area contributed by atoms with E-state index in [4.69, 9.17) is 16.2 Å². The van der Waals surface area contributed by atoms with E-state index in [1.807, 2.05) is 0 Å². The highest BCUT2D eigenvalue weighted by Gasteiger charge is 2.30. The Morgan fingerprint density at radius 1 is 0.929 bits per heavy atom. The molecule has 0 amide bonds. The van der Waals surface area contributed by atoms with Crippen molar-refractivity contribution in [1.82, 2.24) is 4.90 Å². The van der Waals surface area contributed by atoms with Crippen LogP contribution in [0.2, 0.25) is 0 Å². The minimum atomic E-state index is -1.35. The molecule has 0 saturated carbocycles. The highest BCUT2D eigenvalue weighted by Crippen LogP contribution is 2.11. The minimum Gasteiger partial charge on any atom is -0.479 e. The van der Waals surface area contributed by atoms with Crippen LogP contribution in [0.4, 0.5) is 0 Å². The smallest absolute Gasteiger partial charge is 0.334 e. The van der Waals surface area contributed by atoms with Crippen molar-refractivity contribution in [3.8, 4) is 0 Å². The highest BCUT2D eigenvalue weighted by atomic mass is 16.4. The molecule has 0 aliphatic carbocycles. The lowest BCUT2D eigenvalue weighted by Crippen LogP contribution is -2.50.